The molecule has 0 spiro atoms. The molecule has 7 nitrogen and oxygen atoms in total. The normalized spacial score (nSPS) is 10.7. The van der Waals surface area contributed by atoms with Crippen LogP contribution in [-0.2, 0) is 11.3 Å². The molecule has 0 aliphatic heterocycles. The maximum atomic E-state index is 12.7. The number of nitrogens with one attached hydrogen (secondary N) is 2. The Hall–Kier alpha value is -4.26. The molecule has 0 atom stereocenters. The Balaban J connectivity index is 1.53. The molecule has 4 rings (SSSR count). The van der Waals surface area contributed by atoms with Gasteiger partial charge >= 0.3 is 0 Å². The summed E-state index contributed by atoms with van der Waals surface area (Å²) in [7, 11) is 0. The molecule has 0 aliphatic rings. The van der Waals surface area contributed by atoms with Crippen LogP contribution in [0.2, 0.25) is 0 Å². The zero-order chi connectivity index (χ0) is 22.7. The monoisotopic (exact) mass is 426 g/mol. The van der Waals surface area contributed by atoms with Gasteiger partial charge in [-0.3, -0.25) is 14.4 Å². The van der Waals surface area contributed by atoms with Crippen molar-refractivity contribution in [2.24, 2.45) is 0 Å². The van der Waals surface area contributed by atoms with Gasteiger partial charge in [-0.2, -0.15) is 5.10 Å². The van der Waals surface area contributed by atoms with E-state index in [9.17, 15) is 14.4 Å². The molecule has 0 aliphatic carbocycles. The maximum absolute atomic E-state index is 12.7. The first-order chi connectivity index (χ1) is 15.4. The van der Waals surface area contributed by atoms with E-state index in [1.54, 1.807) is 68.4 Å². The van der Waals surface area contributed by atoms with Crippen LogP contribution >= 0.6 is 0 Å². The third kappa shape index (κ3) is 4.27. The number of aromatic nitrogens is 2. The van der Waals surface area contributed by atoms with Gasteiger partial charge < -0.3 is 10.6 Å². The van der Waals surface area contributed by atoms with Crippen LogP contribution in [-0.4, -0.2) is 21.6 Å². The van der Waals surface area contributed by atoms with Gasteiger partial charge in [0.25, 0.3) is 11.5 Å². The highest BCUT2D eigenvalue weighted by Crippen LogP contribution is 2.24. The molecular weight excluding hydrogens is 404 g/mol. The van der Waals surface area contributed by atoms with Gasteiger partial charge in [0.1, 0.15) is 6.54 Å². The summed E-state index contributed by atoms with van der Waals surface area (Å²) in [6.45, 7) is 3.39. The topological polar surface area (TPSA) is 93.1 Å². The quantitative estimate of drug-likeness (QED) is 0.506. The summed E-state index contributed by atoms with van der Waals surface area (Å²) < 4.78 is 1.17. The molecule has 4 aromatic rings. The fourth-order valence-corrected chi connectivity index (χ4v) is 3.53. The average Bonchev–Trinajstić information content (AvgIpc) is 2.80. The highest BCUT2D eigenvalue weighted by atomic mass is 16.2. The van der Waals surface area contributed by atoms with Crippen molar-refractivity contribution in [1.29, 1.82) is 0 Å². The Kier molecular flexibility index (Phi) is 5.81. The lowest BCUT2D eigenvalue weighted by molar-refractivity contribution is -0.117. The van der Waals surface area contributed by atoms with Crippen molar-refractivity contribution < 1.29 is 9.59 Å². The summed E-state index contributed by atoms with van der Waals surface area (Å²) >= 11 is 0. The number of nitrogens with zero attached hydrogens (tertiary/aromatic N) is 2. The van der Waals surface area contributed by atoms with E-state index >= 15 is 0 Å². The largest absolute Gasteiger partial charge is 0.324 e. The predicted molar refractivity (Wildman–Crippen MR) is 125 cm³/mol. The Morgan fingerprint density at radius 2 is 1.44 bits per heavy atom. The Morgan fingerprint density at radius 1 is 0.812 bits per heavy atom. The molecule has 0 saturated carbocycles. The second kappa shape index (κ2) is 8.85. The fourth-order valence-electron chi connectivity index (χ4n) is 3.53. The van der Waals surface area contributed by atoms with E-state index in [1.165, 1.54) is 4.68 Å². The lowest BCUT2D eigenvalue weighted by atomic mass is 10.1. The van der Waals surface area contributed by atoms with Gasteiger partial charge in [0, 0.05) is 22.3 Å². The minimum Gasteiger partial charge on any atom is -0.324 e. The van der Waals surface area contributed by atoms with E-state index in [-0.39, 0.29) is 23.9 Å². The van der Waals surface area contributed by atoms with Crippen molar-refractivity contribution in [2.45, 2.75) is 20.4 Å². The minimum atomic E-state index is -0.385. The van der Waals surface area contributed by atoms with Crippen LogP contribution in [0.4, 0.5) is 11.4 Å². The van der Waals surface area contributed by atoms with Crippen LogP contribution in [0.25, 0.3) is 10.8 Å². The second-order valence-electron chi connectivity index (χ2n) is 7.44. The van der Waals surface area contributed by atoms with Gasteiger partial charge in [0.15, 0.2) is 0 Å². The number of hydrogen-bond acceptors (Lipinski definition) is 4. The molecule has 2 N–H and O–H groups in total. The third-order valence-corrected chi connectivity index (χ3v) is 5.24. The number of rotatable bonds is 5. The number of carbonyl (C=O) groups excluding carboxylic acids is 2. The molecule has 32 heavy (non-hydrogen) atoms. The van der Waals surface area contributed by atoms with Crippen molar-refractivity contribution in [2.75, 3.05) is 10.6 Å². The Bertz CT molecular complexity index is 1380. The van der Waals surface area contributed by atoms with Crippen LogP contribution in [0.5, 0.6) is 0 Å². The predicted octanol–water partition coefficient (Wildman–Crippen LogP) is 3.90. The van der Waals surface area contributed by atoms with Gasteiger partial charge in [-0.1, -0.05) is 42.5 Å². The molecule has 0 radical (unpaired) electrons. The number of aryl methyl sites for hydroxylation is 1. The molecular formula is C25H22N4O3. The van der Waals surface area contributed by atoms with E-state index in [4.69, 9.17) is 0 Å². The fraction of sp³-hybridized carbons (Fsp3) is 0.120. The van der Waals surface area contributed by atoms with Crippen molar-refractivity contribution in [3.05, 3.63) is 100.0 Å². The second-order valence-corrected chi connectivity index (χ2v) is 7.44. The van der Waals surface area contributed by atoms with Crippen LogP contribution in [0.3, 0.4) is 0 Å². The SMILES string of the molecule is Cc1c(NC(=O)Cn2nc(C)c3ccccc3c2=O)cccc1NC(=O)c1ccccc1. The molecule has 2 amide bonds. The number of amides is 2. The summed E-state index contributed by atoms with van der Waals surface area (Å²) in [5, 5.41) is 11.3. The highest BCUT2D eigenvalue weighted by Gasteiger charge is 2.14. The molecule has 0 saturated heterocycles. The van der Waals surface area contributed by atoms with Gasteiger partial charge in [-0.05, 0) is 49.7 Å². The number of carbonyl (C=O) groups is 2. The van der Waals surface area contributed by atoms with Crippen LogP contribution < -0.4 is 16.2 Å². The summed E-state index contributed by atoms with van der Waals surface area (Å²) in [5.41, 5.74) is 2.75. The zero-order valence-electron chi connectivity index (χ0n) is 17.8. The number of benzene rings is 3. The molecule has 160 valence electrons. The molecule has 0 unspecified atom stereocenters. The third-order valence-electron chi connectivity index (χ3n) is 5.24. The van der Waals surface area contributed by atoms with Gasteiger partial charge in [-0.15, -0.1) is 0 Å². The van der Waals surface area contributed by atoms with E-state index in [0.717, 1.165) is 5.39 Å². The molecule has 1 heterocycles. The summed E-state index contributed by atoms with van der Waals surface area (Å²) in [4.78, 5) is 37.9. The van der Waals surface area contributed by atoms with E-state index in [1.807, 2.05) is 18.2 Å². The summed E-state index contributed by atoms with van der Waals surface area (Å²) in [6, 6.07) is 21.3. The first kappa shape index (κ1) is 21.0. The lowest BCUT2D eigenvalue weighted by Gasteiger charge is -2.14. The van der Waals surface area contributed by atoms with Crippen LogP contribution in [0.15, 0.2) is 77.6 Å². The number of anilines is 2. The molecule has 0 bridgehead atoms. The van der Waals surface area contributed by atoms with Crippen molar-refractivity contribution in [3.8, 4) is 0 Å². The molecule has 0 fully saturated rings. The highest BCUT2D eigenvalue weighted by molar-refractivity contribution is 6.05. The number of fused-ring (bicyclic) bond motifs is 1. The van der Waals surface area contributed by atoms with Gasteiger partial charge in [-0.25, -0.2) is 4.68 Å². The Labute approximate surface area is 184 Å². The minimum absolute atomic E-state index is 0.218. The standard InChI is InChI=1S/C25H22N4O3/c1-16-21(13-8-14-22(16)27-24(31)18-9-4-3-5-10-18)26-23(30)15-29-25(32)20-12-7-6-11-19(20)17(2)28-29/h3-14H,15H2,1-2H3,(H,26,30)(H,27,31). The average molecular weight is 426 g/mol. The zero-order valence-corrected chi connectivity index (χ0v) is 17.8. The maximum Gasteiger partial charge on any atom is 0.275 e. The smallest absolute Gasteiger partial charge is 0.275 e. The van der Waals surface area contributed by atoms with Crippen molar-refractivity contribution in [3.63, 3.8) is 0 Å². The number of hydrogen-bond donors (Lipinski definition) is 2. The van der Waals surface area contributed by atoms with E-state index in [2.05, 4.69) is 15.7 Å². The van der Waals surface area contributed by atoms with Crippen LogP contribution in [0, 0.1) is 13.8 Å². The van der Waals surface area contributed by atoms with E-state index in [0.29, 0.717) is 33.6 Å². The first-order valence-corrected chi connectivity index (χ1v) is 10.2. The van der Waals surface area contributed by atoms with Gasteiger partial charge in [0.05, 0.1) is 11.1 Å². The lowest BCUT2D eigenvalue weighted by Crippen LogP contribution is -2.30. The Morgan fingerprint density at radius 3 is 2.16 bits per heavy atom. The van der Waals surface area contributed by atoms with Crippen LogP contribution in [0.1, 0.15) is 21.6 Å². The molecule has 7 heteroatoms. The van der Waals surface area contributed by atoms with Crippen molar-refractivity contribution in [1.82, 2.24) is 9.78 Å². The van der Waals surface area contributed by atoms with Crippen molar-refractivity contribution >= 4 is 34.0 Å². The van der Waals surface area contributed by atoms with Gasteiger partial charge in [0.2, 0.25) is 5.91 Å². The molecule has 1 aromatic heterocycles. The molecule has 3 aromatic carbocycles. The first-order valence-electron chi connectivity index (χ1n) is 10.2. The van der Waals surface area contributed by atoms with E-state index < -0.39 is 0 Å². The summed E-state index contributed by atoms with van der Waals surface area (Å²) in [5.74, 6) is -0.622. The summed E-state index contributed by atoms with van der Waals surface area (Å²) in [6.07, 6.45) is 0.